The van der Waals surface area contributed by atoms with E-state index in [1.807, 2.05) is 12.2 Å². The van der Waals surface area contributed by atoms with Crippen molar-refractivity contribution in [1.29, 1.82) is 0 Å². The van der Waals surface area contributed by atoms with Gasteiger partial charge in [-0.3, -0.25) is 0 Å². The Kier molecular flexibility index (Phi) is 17.0. The summed E-state index contributed by atoms with van der Waals surface area (Å²) in [6.45, 7) is 16.7. The Labute approximate surface area is 219 Å². The molecular formula is C25H30Y2-2. The van der Waals surface area contributed by atoms with E-state index < -0.39 is 0 Å². The van der Waals surface area contributed by atoms with E-state index in [-0.39, 0.29) is 80.3 Å². The van der Waals surface area contributed by atoms with Crippen molar-refractivity contribution in [2.24, 2.45) is 0 Å². The fourth-order valence-electron chi connectivity index (χ4n) is 2.70. The van der Waals surface area contributed by atoms with Gasteiger partial charge in [-0.2, -0.15) is 25.0 Å². The minimum Gasteiger partial charge on any atom is -0.358 e. The van der Waals surface area contributed by atoms with Crippen molar-refractivity contribution < 1.29 is 65.4 Å². The van der Waals surface area contributed by atoms with Gasteiger partial charge in [-0.15, -0.1) is 23.8 Å². The average molecular weight is 508 g/mol. The number of benzene rings is 2. The Bertz CT molecular complexity index is 703. The first-order valence-electron chi connectivity index (χ1n) is 7.88. The fraction of sp³-hybridized carbons (Fsp3) is 0.200. The predicted molar refractivity (Wildman–Crippen MR) is 114 cm³/mol. The zero-order chi connectivity index (χ0) is 17.0. The molecule has 2 aromatic rings. The van der Waals surface area contributed by atoms with Crippen LogP contribution >= 0.6 is 0 Å². The Balaban J connectivity index is -0.00000144. The van der Waals surface area contributed by atoms with Gasteiger partial charge in [0.05, 0.1) is 11.6 Å². The van der Waals surface area contributed by atoms with Crippen LogP contribution in [0.2, 0.25) is 0 Å². The molecule has 0 heterocycles. The van der Waals surface area contributed by atoms with Crippen LogP contribution in [0.3, 0.4) is 0 Å². The molecule has 0 saturated heterocycles. The summed E-state index contributed by atoms with van der Waals surface area (Å²) >= 11 is 0. The van der Waals surface area contributed by atoms with Gasteiger partial charge in [0.25, 0.3) is 0 Å². The second kappa shape index (κ2) is 14.7. The van der Waals surface area contributed by atoms with E-state index in [4.69, 9.17) is 0 Å². The van der Waals surface area contributed by atoms with Gasteiger partial charge in [0.1, 0.15) is 6.08 Å². The molecule has 2 radical (unpaired) electrons. The van der Waals surface area contributed by atoms with Gasteiger partial charge >= 0.3 is 0 Å². The van der Waals surface area contributed by atoms with E-state index in [2.05, 4.69) is 78.0 Å². The smallest absolute Gasteiger partial charge is 0.217 e. The number of hydrogen-bond donors (Lipinski definition) is 0. The number of rotatable bonds is 4. The number of allylic oxidation sites excluding steroid dienone is 2. The monoisotopic (exact) mass is 508 g/mol. The largest absolute Gasteiger partial charge is 0.358 e. The number of hydrogen-bond acceptors (Lipinski definition) is 0. The molecule has 0 unspecified atom stereocenters. The van der Waals surface area contributed by atoms with Crippen molar-refractivity contribution in [2.45, 2.75) is 34.1 Å². The molecule has 138 valence electrons. The molecule has 0 atom stereocenters. The Morgan fingerprint density at radius 1 is 0.704 bits per heavy atom. The van der Waals surface area contributed by atoms with Crippen LogP contribution in [0.25, 0.3) is 12.2 Å². The molecule has 0 nitrogen and oxygen atoms in total. The first-order valence-corrected chi connectivity index (χ1v) is 7.88. The first kappa shape index (κ1) is 31.4. The molecule has 0 aliphatic carbocycles. The van der Waals surface area contributed by atoms with Crippen LogP contribution < -0.4 is 0 Å². The second-order valence-corrected chi connectivity index (χ2v) is 6.17. The molecule has 0 aliphatic heterocycles. The first-order chi connectivity index (χ1) is 10.9. The van der Waals surface area contributed by atoms with Gasteiger partial charge in [0.2, 0.25) is 6.42 Å². The molecule has 0 N–H and O–H groups in total. The van der Waals surface area contributed by atoms with Crippen LogP contribution in [0.4, 0.5) is 0 Å². The van der Waals surface area contributed by atoms with Crippen LogP contribution in [0.1, 0.15) is 50.9 Å². The maximum atomic E-state index is 4.13. The van der Waals surface area contributed by atoms with Gasteiger partial charge in [-0.1, -0.05) is 25.0 Å². The van der Waals surface area contributed by atoms with Crippen LogP contribution in [0.15, 0.2) is 24.3 Å². The third-order valence-corrected chi connectivity index (χ3v) is 4.02. The minimum atomic E-state index is 0. The molecule has 0 aliphatic rings. The molecule has 0 aromatic heterocycles. The van der Waals surface area contributed by atoms with Crippen LogP contribution in [-0.4, -0.2) is 0 Å². The summed E-state index contributed by atoms with van der Waals surface area (Å²) in [6, 6.07) is 8.59. The third-order valence-electron chi connectivity index (χ3n) is 4.02. The molecule has 0 spiro atoms. The average Bonchev–Trinajstić information content (AvgIpc) is 2.48. The number of aryl methyl sites for hydroxylation is 4. The van der Waals surface area contributed by atoms with E-state index >= 15 is 0 Å². The Morgan fingerprint density at radius 3 is 1.37 bits per heavy atom. The molecule has 2 aromatic carbocycles. The van der Waals surface area contributed by atoms with Gasteiger partial charge in [0.15, 0.2) is 6.08 Å². The Hall–Kier alpha value is -0.312. The van der Waals surface area contributed by atoms with Crippen molar-refractivity contribution >= 4 is 12.2 Å². The maximum Gasteiger partial charge on any atom is 0.217 e. The van der Waals surface area contributed by atoms with E-state index in [0.717, 1.165) is 22.3 Å². The van der Waals surface area contributed by atoms with E-state index in [0.29, 0.717) is 6.42 Å². The quantitative estimate of drug-likeness (QED) is 0.394. The molecule has 0 bridgehead atoms. The molecule has 27 heavy (non-hydrogen) atoms. The summed E-state index contributed by atoms with van der Waals surface area (Å²) in [7, 11) is 0. The summed E-state index contributed by atoms with van der Waals surface area (Å²) in [6.07, 6.45) is 11.2. The fourth-order valence-corrected chi connectivity index (χ4v) is 2.70. The molecule has 0 amide bonds. The molecule has 2 rings (SSSR count). The van der Waals surface area contributed by atoms with E-state index in [1.54, 1.807) is 0 Å². The molecule has 0 fully saturated rings. The van der Waals surface area contributed by atoms with Gasteiger partial charge < -0.3 is 14.9 Å². The topological polar surface area (TPSA) is 0 Å². The normalized spacial score (nSPS) is 9.33. The summed E-state index contributed by atoms with van der Waals surface area (Å²) < 4.78 is 0. The zero-order valence-corrected chi connectivity index (χ0v) is 23.4. The van der Waals surface area contributed by atoms with Crippen LogP contribution in [0, 0.1) is 68.5 Å². The summed E-state index contributed by atoms with van der Waals surface area (Å²) in [5.74, 6) is 0. The molecule has 0 saturated carbocycles. The molecular weight excluding hydrogens is 478 g/mol. The second-order valence-electron chi connectivity index (χ2n) is 6.17. The van der Waals surface area contributed by atoms with Crippen molar-refractivity contribution in [3.8, 4) is 0 Å². The summed E-state index contributed by atoms with van der Waals surface area (Å²) in [4.78, 5) is 0. The summed E-state index contributed by atoms with van der Waals surface area (Å²) in [5.41, 5.74) is 9.34. The van der Waals surface area contributed by atoms with Crippen molar-refractivity contribution in [3.05, 3.63) is 110 Å². The van der Waals surface area contributed by atoms with E-state index in [1.165, 1.54) is 22.3 Å². The predicted octanol–water partition coefficient (Wildman–Crippen LogP) is 6.90. The van der Waals surface area contributed by atoms with Crippen molar-refractivity contribution in [1.82, 2.24) is 0 Å². The molecule has 2 heteroatoms. The summed E-state index contributed by atoms with van der Waals surface area (Å²) in [5, 5.41) is 0. The van der Waals surface area contributed by atoms with E-state index in [9.17, 15) is 0 Å². The van der Waals surface area contributed by atoms with Gasteiger partial charge in [-0.25, -0.2) is 0 Å². The van der Waals surface area contributed by atoms with Crippen molar-refractivity contribution in [2.75, 3.05) is 0 Å². The zero-order valence-electron chi connectivity index (χ0n) is 17.7. The van der Waals surface area contributed by atoms with Crippen LogP contribution in [-0.2, 0) is 65.4 Å². The van der Waals surface area contributed by atoms with Gasteiger partial charge in [-0.05, 0) is 25.0 Å². The minimum absolute atomic E-state index is 0. The standard InChI is InChI=1S/C23H24.2CH3.2Y/c1-16-12-18(3)20(5)22(14-16)10-8-7-9-11-23-15-17(2)13-19(4)21(23)6;;;;/h10-15H,5-7H2,1-4H3;2*1H3;;/q;2*-1;;. The van der Waals surface area contributed by atoms with Gasteiger partial charge in [0, 0.05) is 77.6 Å². The SMILES string of the molecule is [CH2-]c1c(C)cc(C)cc1C=[C+]C[C+]=Cc1cc(C)cc(C)c1[CH2-].[CH3-].[CH3-].[Y].[Y]. The maximum absolute atomic E-state index is 4.13. The third kappa shape index (κ3) is 9.15. The Morgan fingerprint density at radius 2 is 1.04 bits per heavy atom. The van der Waals surface area contributed by atoms with Crippen molar-refractivity contribution in [3.63, 3.8) is 0 Å². The van der Waals surface area contributed by atoms with Crippen LogP contribution in [0.5, 0.6) is 0 Å².